The van der Waals surface area contributed by atoms with Crippen LogP contribution in [0.5, 0.6) is 5.88 Å². The van der Waals surface area contributed by atoms with E-state index >= 15 is 0 Å². The van der Waals surface area contributed by atoms with Crippen molar-refractivity contribution in [1.82, 2.24) is 19.4 Å². The number of hydrogen-bond donors (Lipinski definition) is 1. The van der Waals surface area contributed by atoms with Crippen molar-refractivity contribution in [3.8, 4) is 5.88 Å². The lowest BCUT2D eigenvalue weighted by Gasteiger charge is -2.17. The van der Waals surface area contributed by atoms with E-state index in [0.717, 1.165) is 11.4 Å². The molecule has 0 radical (unpaired) electrons. The molecule has 0 aliphatic carbocycles. The summed E-state index contributed by atoms with van der Waals surface area (Å²) in [5.74, 6) is 0.614. The molecule has 0 aliphatic heterocycles. The van der Waals surface area contributed by atoms with Crippen molar-refractivity contribution in [2.45, 2.75) is 32.9 Å². The fraction of sp³-hybridized carbons (Fsp3) is 0.545. The van der Waals surface area contributed by atoms with Crippen molar-refractivity contribution in [1.29, 1.82) is 0 Å². The van der Waals surface area contributed by atoms with Crippen molar-refractivity contribution >= 4 is 17.2 Å². The Morgan fingerprint density at radius 3 is 2.83 bits per heavy atom. The van der Waals surface area contributed by atoms with Gasteiger partial charge in [0, 0.05) is 5.38 Å². The summed E-state index contributed by atoms with van der Waals surface area (Å²) in [5.41, 5.74) is 1.72. The SMILES string of the molecule is COc1nscc1NCc1cn(C(C)(C)C)nn1. The van der Waals surface area contributed by atoms with Gasteiger partial charge in [-0.25, -0.2) is 4.68 Å². The highest BCUT2D eigenvalue weighted by Gasteiger charge is 2.15. The molecule has 0 aromatic carbocycles. The largest absolute Gasteiger partial charge is 0.479 e. The third kappa shape index (κ3) is 2.79. The molecular formula is C11H17N5OS. The van der Waals surface area contributed by atoms with Gasteiger partial charge in [-0.3, -0.25) is 0 Å². The van der Waals surface area contributed by atoms with Gasteiger partial charge < -0.3 is 10.1 Å². The fourth-order valence-electron chi connectivity index (χ4n) is 1.38. The van der Waals surface area contributed by atoms with Crippen LogP contribution < -0.4 is 10.1 Å². The Kier molecular flexibility index (Phi) is 3.51. The average molecular weight is 267 g/mol. The van der Waals surface area contributed by atoms with Gasteiger partial charge in [-0.1, -0.05) is 5.21 Å². The van der Waals surface area contributed by atoms with Crippen LogP contribution in [0, 0.1) is 0 Å². The monoisotopic (exact) mass is 267 g/mol. The zero-order valence-corrected chi connectivity index (χ0v) is 11.8. The maximum Gasteiger partial charge on any atom is 0.248 e. The lowest BCUT2D eigenvalue weighted by molar-refractivity contribution is 0.347. The molecule has 1 N–H and O–H groups in total. The summed E-state index contributed by atoms with van der Waals surface area (Å²) < 4.78 is 11.1. The summed E-state index contributed by atoms with van der Waals surface area (Å²) in [6, 6.07) is 0. The molecule has 18 heavy (non-hydrogen) atoms. The van der Waals surface area contributed by atoms with Crippen LogP contribution in [0.4, 0.5) is 5.69 Å². The van der Waals surface area contributed by atoms with Crippen molar-refractivity contribution in [2.24, 2.45) is 0 Å². The first-order valence-corrected chi connectivity index (χ1v) is 6.48. The molecule has 7 heteroatoms. The minimum atomic E-state index is -0.0487. The molecule has 2 aromatic heterocycles. The van der Waals surface area contributed by atoms with Gasteiger partial charge in [0.2, 0.25) is 5.88 Å². The highest BCUT2D eigenvalue weighted by molar-refractivity contribution is 7.04. The van der Waals surface area contributed by atoms with E-state index in [1.54, 1.807) is 7.11 Å². The zero-order valence-electron chi connectivity index (χ0n) is 11.0. The molecule has 0 atom stereocenters. The molecule has 0 aliphatic rings. The van der Waals surface area contributed by atoms with E-state index in [-0.39, 0.29) is 5.54 Å². The molecule has 0 saturated carbocycles. The summed E-state index contributed by atoms with van der Waals surface area (Å²) >= 11 is 1.36. The van der Waals surface area contributed by atoms with Gasteiger partial charge in [0.1, 0.15) is 11.4 Å². The molecule has 6 nitrogen and oxygen atoms in total. The van der Waals surface area contributed by atoms with Gasteiger partial charge in [0.05, 0.1) is 25.4 Å². The lowest BCUT2D eigenvalue weighted by atomic mass is 10.1. The van der Waals surface area contributed by atoms with Gasteiger partial charge in [0.15, 0.2) is 0 Å². The highest BCUT2D eigenvalue weighted by Crippen LogP contribution is 2.24. The number of anilines is 1. The summed E-state index contributed by atoms with van der Waals surface area (Å²) in [6.45, 7) is 6.87. The Labute approximate surface area is 110 Å². The van der Waals surface area contributed by atoms with Crippen molar-refractivity contribution in [3.63, 3.8) is 0 Å². The quantitative estimate of drug-likeness (QED) is 0.919. The standard InChI is InChI=1S/C11H17N5OS/c1-11(2,3)16-6-8(13-15-16)5-12-9-7-18-14-10(9)17-4/h6-7,12H,5H2,1-4H3. The molecular weight excluding hydrogens is 250 g/mol. The molecule has 0 spiro atoms. The molecule has 2 heterocycles. The average Bonchev–Trinajstić information content (AvgIpc) is 2.94. The maximum atomic E-state index is 5.13. The molecule has 0 unspecified atom stereocenters. The van der Waals surface area contributed by atoms with E-state index in [2.05, 4.69) is 40.8 Å². The van der Waals surface area contributed by atoms with E-state index in [9.17, 15) is 0 Å². The fourth-order valence-corrected chi connectivity index (χ4v) is 1.99. The van der Waals surface area contributed by atoms with E-state index in [1.165, 1.54) is 11.5 Å². The van der Waals surface area contributed by atoms with Crippen LogP contribution in [-0.2, 0) is 12.1 Å². The predicted octanol–water partition coefficient (Wildman–Crippen LogP) is 2.11. The minimum Gasteiger partial charge on any atom is -0.479 e. The van der Waals surface area contributed by atoms with Gasteiger partial charge in [-0.2, -0.15) is 4.37 Å². The van der Waals surface area contributed by atoms with Crippen LogP contribution in [0.15, 0.2) is 11.6 Å². The summed E-state index contributed by atoms with van der Waals surface area (Å²) in [5, 5.41) is 13.4. The van der Waals surface area contributed by atoms with Crippen LogP contribution in [0.25, 0.3) is 0 Å². The summed E-state index contributed by atoms with van der Waals surface area (Å²) in [4.78, 5) is 0. The van der Waals surface area contributed by atoms with Gasteiger partial charge in [-0.05, 0) is 32.3 Å². The number of methoxy groups -OCH3 is 1. The number of hydrogen-bond acceptors (Lipinski definition) is 6. The molecule has 0 amide bonds. The molecule has 98 valence electrons. The molecule has 0 saturated heterocycles. The Hall–Kier alpha value is -1.63. The lowest BCUT2D eigenvalue weighted by Crippen LogP contribution is -2.22. The van der Waals surface area contributed by atoms with Crippen molar-refractivity contribution in [2.75, 3.05) is 12.4 Å². The molecule has 0 bridgehead atoms. The van der Waals surface area contributed by atoms with E-state index < -0.39 is 0 Å². The molecule has 2 rings (SSSR count). The van der Waals surface area contributed by atoms with Gasteiger partial charge in [0.25, 0.3) is 0 Å². The van der Waals surface area contributed by atoms with E-state index in [4.69, 9.17) is 4.74 Å². The van der Waals surface area contributed by atoms with Crippen LogP contribution in [0.1, 0.15) is 26.5 Å². The van der Waals surface area contributed by atoms with E-state index in [0.29, 0.717) is 12.4 Å². The molecule has 0 fully saturated rings. The molecule has 2 aromatic rings. The Bertz CT molecular complexity index is 513. The van der Waals surface area contributed by atoms with Crippen molar-refractivity contribution < 1.29 is 4.74 Å². The first-order valence-electron chi connectivity index (χ1n) is 5.64. The summed E-state index contributed by atoms with van der Waals surface area (Å²) in [6.07, 6.45) is 1.94. The number of rotatable bonds is 4. The number of nitrogens with zero attached hydrogens (tertiary/aromatic N) is 4. The van der Waals surface area contributed by atoms with Crippen LogP contribution >= 0.6 is 11.5 Å². The number of ether oxygens (including phenoxy) is 1. The number of aromatic nitrogens is 4. The Balaban J connectivity index is 2.01. The topological polar surface area (TPSA) is 64.9 Å². The second-order valence-electron chi connectivity index (χ2n) is 4.92. The van der Waals surface area contributed by atoms with Gasteiger partial charge >= 0.3 is 0 Å². The summed E-state index contributed by atoms with van der Waals surface area (Å²) in [7, 11) is 1.61. The van der Waals surface area contributed by atoms with Crippen molar-refractivity contribution in [3.05, 3.63) is 17.3 Å². The normalized spacial score (nSPS) is 11.6. The van der Waals surface area contributed by atoms with Gasteiger partial charge in [-0.15, -0.1) is 5.10 Å². The van der Waals surface area contributed by atoms with Crippen LogP contribution in [-0.4, -0.2) is 26.5 Å². The van der Waals surface area contributed by atoms with Crippen LogP contribution in [0.3, 0.4) is 0 Å². The second-order valence-corrected chi connectivity index (χ2v) is 5.55. The first kappa shape index (κ1) is 12.8. The zero-order chi connectivity index (χ0) is 13.2. The second kappa shape index (κ2) is 4.93. The van der Waals surface area contributed by atoms with E-state index in [1.807, 2.05) is 16.3 Å². The third-order valence-electron chi connectivity index (χ3n) is 2.42. The predicted molar refractivity (Wildman–Crippen MR) is 71.0 cm³/mol. The minimum absolute atomic E-state index is 0.0487. The smallest absolute Gasteiger partial charge is 0.248 e. The van der Waals surface area contributed by atoms with Crippen LogP contribution in [0.2, 0.25) is 0 Å². The maximum absolute atomic E-state index is 5.13. The number of nitrogens with one attached hydrogen (secondary N) is 1. The Morgan fingerprint density at radius 1 is 1.44 bits per heavy atom. The Morgan fingerprint density at radius 2 is 2.22 bits per heavy atom. The third-order valence-corrected chi connectivity index (χ3v) is 3.03. The first-order chi connectivity index (χ1) is 8.50. The highest BCUT2D eigenvalue weighted by atomic mass is 32.1.